The summed E-state index contributed by atoms with van der Waals surface area (Å²) in [6.07, 6.45) is 0.395. The van der Waals surface area contributed by atoms with Crippen molar-refractivity contribution in [3.63, 3.8) is 0 Å². The number of tetrazole rings is 1. The Morgan fingerprint density at radius 1 is 1.42 bits per heavy atom. The molecule has 0 aliphatic carbocycles. The lowest BCUT2D eigenvalue weighted by Crippen LogP contribution is -2.39. The van der Waals surface area contributed by atoms with E-state index in [1.807, 2.05) is 31.2 Å². The van der Waals surface area contributed by atoms with Crippen molar-refractivity contribution in [1.82, 2.24) is 20.2 Å². The topological polar surface area (TPSA) is 80.9 Å². The molecule has 0 amide bonds. The highest BCUT2D eigenvalue weighted by atomic mass is 16.4. The maximum atomic E-state index is 11.5. The molecule has 1 aromatic heterocycles. The van der Waals surface area contributed by atoms with Gasteiger partial charge in [0.2, 0.25) is 0 Å². The van der Waals surface area contributed by atoms with Gasteiger partial charge in [-0.15, -0.1) is 5.10 Å². The Balaban J connectivity index is 2.61. The van der Waals surface area contributed by atoms with Crippen molar-refractivity contribution < 1.29 is 9.90 Å². The molecule has 6 heteroatoms. The van der Waals surface area contributed by atoms with Crippen molar-refractivity contribution in [2.24, 2.45) is 0 Å². The molecule has 0 fully saturated rings. The van der Waals surface area contributed by atoms with E-state index in [0.717, 1.165) is 11.1 Å². The largest absolute Gasteiger partial charge is 0.479 e. The predicted molar refractivity (Wildman–Crippen MR) is 69.6 cm³/mol. The average molecular weight is 260 g/mol. The lowest BCUT2D eigenvalue weighted by atomic mass is 9.98. The maximum Gasteiger partial charge on any atom is 0.331 e. The fourth-order valence-corrected chi connectivity index (χ4v) is 1.90. The van der Waals surface area contributed by atoms with Gasteiger partial charge in [-0.1, -0.05) is 31.2 Å². The van der Waals surface area contributed by atoms with Crippen molar-refractivity contribution >= 4 is 5.97 Å². The Bertz CT molecular complexity index is 608. The highest BCUT2D eigenvalue weighted by Crippen LogP contribution is 2.27. The summed E-state index contributed by atoms with van der Waals surface area (Å²) < 4.78 is 1.39. The van der Waals surface area contributed by atoms with Crippen LogP contribution in [0.2, 0.25) is 0 Å². The first-order chi connectivity index (χ1) is 9.00. The number of carboxylic acid groups (broad SMARTS) is 1. The second-order valence-electron chi connectivity index (χ2n) is 4.66. The number of carbonyl (C=O) groups is 1. The highest BCUT2D eigenvalue weighted by molar-refractivity contribution is 5.77. The van der Waals surface area contributed by atoms with Crippen LogP contribution in [0.1, 0.15) is 25.8 Å². The summed E-state index contributed by atoms with van der Waals surface area (Å²) in [5.74, 6) is -0.470. The molecule has 1 aromatic carbocycles. The van der Waals surface area contributed by atoms with Gasteiger partial charge in [-0.25, -0.2) is 9.48 Å². The number of carboxylic acids is 1. The van der Waals surface area contributed by atoms with Crippen LogP contribution in [0.4, 0.5) is 0 Å². The normalized spacial score (nSPS) is 14.1. The first-order valence-corrected chi connectivity index (χ1v) is 6.09. The van der Waals surface area contributed by atoms with E-state index in [1.165, 1.54) is 4.68 Å². The summed E-state index contributed by atoms with van der Waals surface area (Å²) in [4.78, 5) is 11.5. The van der Waals surface area contributed by atoms with Crippen molar-refractivity contribution in [1.29, 1.82) is 0 Å². The van der Waals surface area contributed by atoms with Gasteiger partial charge >= 0.3 is 5.97 Å². The number of aryl methyl sites for hydroxylation is 1. The zero-order valence-corrected chi connectivity index (χ0v) is 11.2. The molecule has 1 unspecified atom stereocenters. The zero-order chi connectivity index (χ0) is 14.0. The van der Waals surface area contributed by atoms with Gasteiger partial charge in [-0.3, -0.25) is 0 Å². The molecule has 0 saturated heterocycles. The standard InChI is InChI=1S/C13H16N4O2/c1-4-13(3,12(18)19)17-11(14-15-16-17)10-8-6-5-7-9(10)2/h5-8H,4H2,1-3H3,(H,18,19). The lowest BCUT2D eigenvalue weighted by molar-refractivity contribution is -0.147. The van der Waals surface area contributed by atoms with Crippen molar-refractivity contribution in [3.05, 3.63) is 29.8 Å². The fraction of sp³-hybridized carbons (Fsp3) is 0.385. The molecule has 2 aromatic rings. The molecular formula is C13H16N4O2. The van der Waals surface area contributed by atoms with Gasteiger partial charge in [-0.2, -0.15) is 0 Å². The molecule has 0 saturated carbocycles. The van der Waals surface area contributed by atoms with Crippen LogP contribution in [0.3, 0.4) is 0 Å². The van der Waals surface area contributed by atoms with Crippen LogP contribution >= 0.6 is 0 Å². The van der Waals surface area contributed by atoms with Crippen LogP contribution in [0.25, 0.3) is 11.4 Å². The molecular weight excluding hydrogens is 244 g/mol. The van der Waals surface area contributed by atoms with Gasteiger partial charge in [0.05, 0.1) is 0 Å². The Morgan fingerprint density at radius 2 is 2.11 bits per heavy atom. The van der Waals surface area contributed by atoms with E-state index in [1.54, 1.807) is 13.8 Å². The van der Waals surface area contributed by atoms with Crippen molar-refractivity contribution in [2.45, 2.75) is 32.7 Å². The van der Waals surface area contributed by atoms with Crippen LogP contribution in [0.15, 0.2) is 24.3 Å². The first kappa shape index (κ1) is 13.2. The molecule has 0 radical (unpaired) electrons. The third-order valence-electron chi connectivity index (χ3n) is 3.47. The average Bonchev–Trinajstić information content (AvgIpc) is 2.87. The van der Waals surface area contributed by atoms with Crippen LogP contribution in [0.5, 0.6) is 0 Å². The molecule has 1 heterocycles. The van der Waals surface area contributed by atoms with Gasteiger partial charge in [-0.05, 0) is 36.3 Å². The fourth-order valence-electron chi connectivity index (χ4n) is 1.90. The van der Waals surface area contributed by atoms with Gasteiger partial charge in [0, 0.05) is 5.56 Å². The molecule has 6 nitrogen and oxygen atoms in total. The number of aromatic nitrogens is 4. The summed E-state index contributed by atoms with van der Waals surface area (Å²) in [5.41, 5.74) is 0.692. The predicted octanol–water partition coefficient (Wildman–Crippen LogP) is 1.86. The van der Waals surface area contributed by atoms with Gasteiger partial charge < -0.3 is 5.11 Å². The molecule has 0 spiro atoms. The van der Waals surface area contributed by atoms with E-state index >= 15 is 0 Å². The van der Waals surface area contributed by atoms with Crippen molar-refractivity contribution in [2.75, 3.05) is 0 Å². The second kappa shape index (κ2) is 4.79. The van der Waals surface area contributed by atoms with Gasteiger partial charge in [0.15, 0.2) is 11.4 Å². The van der Waals surface area contributed by atoms with Crippen LogP contribution < -0.4 is 0 Å². The number of aliphatic carboxylic acids is 1. The summed E-state index contributed by atoms with van der Waals surface area (Å²) in [7, 11) is 0. The van der Waals surface area contributed by atoms with E-state index in [0.29, 0.717) is 12.2 Å². The van der Waals surface area contributed by atoms with E-state index in [9.17, 15) is 9.90 Å². The molecule has 1 N–H and O–H groups in total. The van der Waals surface area contributed by atoms with Crippen LogP contribution in [-0.4, -0.2) is 31.3 Å². The number of hydrogen-bond acceptors (Lipinski definition) is 4. The minimum absolute atomic E-state index is 0.395. The SMILES string of the molecule is CCC(C)(C(=O)O)n1nnnc1-c1ccccc1C. The smallest absolute Gasteiger partial charge is 0.331 e. The molecule has 1 atom stereocenters. The molecule has 0 aliphatic rings. The van der Waals surface area contributed by atoms with E-state index < -0.39 is 11.5 Å². The summed E-state index contributed by atoms with van der Waals surface area (Å²) in [6.45, 7) is 5.36. The molecule has 19 heavy (non-hydrogen) atoms. The van der Waals surface area contributed by atoms with Crippen LogP contribution in [0, 0.1) is 6.92 Å². The molecule has 0 aliphatic heterocycles. The maximum absolute atomic E-state index is 11.5. The summed E-state index contributed by atoms with van der Waals surface area (Å²) in [6, 6.07) is 7.63. The Labute approximate surface area is 111 Å². The summed E-state index contributed by atoms with van der Waals surface area (Å²) in [5, 5.41) is 20.9. The number of rotatable bonds is 4. The second-order valence-corrected chi connectivity index (χ2v) is 4.66. The molecule has 0 bridgehead atoms. The van der Waals surface area contributed by atoms with E-state index in [4.69, 9.17) is 0 Å². The molecule has 100 valence electrons. The van der Waals surface area contributed by atoms with Gasteiger partial charge in [0.1, 0.15) is 0 Å². The lowest BCUT2D eigenvalue weighted by Gasteiger charge is -2.24. The zero-order valence-electron chi connectivity index (χ0n) is 11.2. The monoisotopic (exact) mass is 260 g/mol. The van der Waals surface area contributed by atoms with Crippen LogP contribution in [-0.2, 0) is 10.3 Å². The number of nitrogens with zero attached hydrogens (tertiary/aromatic N) is 4. The number of hydrogen-bond donors (Lipinski definition) is 1. The van der Waals surface area contributed by atoms with E-state index in [-0.39, 0.29) is 0 Å². The Hall–Kier alpha value is -2.24. The Morgan fingerprint density at radius 3 is 2.68 bits per heavy atom. The summed E-state index contributed by atoms with van der Waals surface area (Å²) >= 11 is 0. The first-order valence-electron chi connectivity index (χ1n) is 6.09. The van der Waals surface area contributed by atoms with Gasteiger partial charge in [0.25, 0.3) is 0 Å². The quantitative estimate of drug-likeness (QED) is 0.907. The Kier molecular flexibility index (Phi) is 3.33. The minimum atomic E-state index is -1.15. The third kappa shape index (κ3) is 2.09. The van der Waals surface area contributed by atoms with Crippen molar-refractivity contribution in [3.8, 4) is 11.4 Å². The third-order valence-corrected chi connectivity index (χ3v) is 3.47. The number of benzene rings is 1. The van der Waals surface area contributed by atoms with E-state index in [2.05, 4.69) is 15.5 Å². The minimum Gasteiger partial charge on any atom is -0.479 e. The molecule has 2 rings (SSSR count). The highest BCUT2D eigenvalue weighted by Gasteiger charge is 2.37.